The van der Waals surface area contributed by atoms with Gasteiger partial charge in [-0.1, -0.05) is 19.1 Å². The Bertz CT molecular complexity index is 935. The molecule has 9 heteroatoms. The lowest BCUT2D eigenvalue weighted by Gasteiger charge is -2.08. The molecule has 26 heavy (non-hydrogen) atoms. The van der Waals surface area contributed by atoms with E-state index in [0.717, 1.165) is 12.1 Å². The summed E-state index contributed by atoms with van der Waals surface area (Å²) in [5, 5.41) is 4.05. The molecule has 0 aliphatic heterocycles. The van der Waals surface area contributed by atoms with Crippen molar-refractivity contribution in [2.75, 3.05) is 6.61 Å². The molecule has 2 aromatic heterocycles. The van der Waals surface area contributed by atoms with Gasteiger partial charge in [0.05, 0.1) is 0 Å². The molecule has 0 aliphatic carbocycles. The van der Waals surface area contributed by atoms with Crippen LogP contribution in [0.4, 0.5) is 0 Å². The Morgan fingerprint density at radius 3 is 2.62 bits per heavy atom. The molecule has 134 valence electrons. The van der Waals surface area contributed by atoms with E-state index in [4.69, 9.17) is 4.74 Å². The van der Waals surface area contributed by atoms with Gasteiger partial charge in [-0.25, -0.2) is 9.50 Å². The number of hydrogen-bond donors (Lipinski definition) is 2. The second kappa shape index (κ2) is 7.60. The molecule has 0 aliphatic rings. The molecular formula is C17H18N6O3. The van der Waals surface area contributed by atoms with Crippen LogP contribution < -0.4 is 15.6 Å². The normalized spacial score (nSPS) is 10.5. The zero-order valence-corrected chi connectivity index (χ0v) is 14.4. The summed E-state index contributed by atoms with van der Waals surface area (Å²) in [6.07, 6.45) is 2.51. The van der Waals surface area contributed by atoms with Crippen LogP contribution in [0.25, 0.3) is 5.78 Å². The minimum absolute atomic E-state index is 0.0943. The number of rotatable bonds is 5. The highest BCUT2D eigenvalue weighted by molar-refractivity contribution is 5.92. The van der Waals surface area contributed by atoms with Gasteiger partial charge in [0.25, 0.3) is 11.7 Å². The van der Waals surface area contributed by atoms with Crippen LogP contribution >= 0.6 is 0 Å². The number of aryl methyl sites for hydroxylation is 2. The Kier molecular flexibility index (Phi) is 5.07. The van der Waals surface area contributed by atoms with Crippen LogP contribution in [-0.2, 0) is 11.2 Å². The number of aromatic nitrogens is 4. The van der Waals surface area contributed by atoms with Gasteiger partial charge in [0.15, 0.2) is 6.61 Å². The maximum atomic E-state index is 12.0. The van der Waals surface area contributed by atoms with Crippen molar-refractivity contribution in [1.29, 1.82) is 0 Å². The molecule has 0 atom stereocenters. The molecule has 0 unspecified atom stereocenters. The van der Waals surface area contributed by atoms with E-state index in [1.165, 1.54) is 10.1 Å². The van der Waals surface area contributed by atoms with Crippen LogP contribution in [0.5, 0.6) is 5.75 Å². The minimum Gasteiger partial charge on any atom is -0.484 e. The van der Waals surface area contributed by atoms with E-state index in [9.17, 15) is 9.59 Å². The van der Waals surface area contributed by atoms with Crippen molar-refractivity contribution in [2.45, 2.75) is 20.3 Å². The number of amides is 2. The first-order valence-corrected chi connectivity index (χ1v) is 8.06. The number of carbonyl (C=O) groups excluding carboxylic acids is 2. The number of hydrazine groups is 1. The number of benzene rings is 1. The van der Waals surface area contributed by atoms with Crippen molar-refractivity contribution in [2.24, 2.45) is 0 Å². The maximum Gasteiger partial charge on any atom is 0.309 e. The van der Waals surface area contributed by atoms with E-state index in [2.05, 4.69) is 32.8 Å². The zero-order chi connectivity index (χ0) is 18.5. The first-order chi connectivity index (χ1) is 12.6. The lowest BCUT2D eigenvalue weighted by Crippen LogP contribution is -2.44. The first kappa shape index (κ1) is 17.3. The van der Waals surface area contributed by atoms with Crippen LogP contribution in [0.3, 0.4) is 0 Å². The van der Waals surface area contributed by atoms with Gasteiger partial charge in [-0.3, -0.25) is 20.4 Å². The summed E-state index contributed by atoms with van der Waals surface area (Å²) < 4.78 is 6.80. The van der Waals surface area contributed by atoms with Crippen LogP contribution in [0.2, 0.25) is 0 Å². The average Bonchev–Trinajstić information content (AvgIpc) is 3.10. The van der Waals surface area contributed by atoms with Gasteiger partial charge in [0, 0.05) is 11.9 Å². The summed E-state index contributed by atoms with van der Waals surface area (Å²) in [6.45, 7) is 3.64. The Morgan fingerprint density at radius 2 is 1.92 bits per heavy atom. The minimum atomic E-state index is -0.643. The molecule has 2 amide bonds. The summed E-state index contributed by atoms with van der Waals surface area (Å²) in [5.41, 5.74) is 6.47. The molecule has 0 radical (unpaired) electrons. The third kappa shape index (κ3) is 3.94. The van der Waals surface area contributed by atoms with Crippen LogP contribution in [-0.4, -0.2) is 38.0 Å². The molecule has 1 aromatic carbocycles. The second-order valence-electron chi connectivity index (χ2n) is 5.52. The monoisotopic (exact) mass is 354 g/mol. The Hall–Kier alpha value is -3.49. The molecule has 0 saturated heterocycles. The van der Waals surface area contributed by atoms with E-state index in [1.807, 2.05) is 19.1 Å². The van der Waals surface area contributed by atoms with Gasteiger partial charge in [0.2, 0.25) is 5.82 Å². The molecule has 9 nitrogen and oxygen atoms in total. The van der Waals surface area contributed by atoms with Gasteiger partial charge in [0.1, 0.15) is 5.75 Å². The van der Waals surface area contributed by atoms with Crippen LogP contribution in [0, 0.1) is 6.92 Å². The van der Waals surface area contributed by atoms with E-state index < -0.39 is 11.8 Å². The van der Waals surface area contributed by atoms with Crippen molar-refractivity contribution in [3.63, 3.8) is 0 Å². The predicted molar refractivity (Wildman–Crippen MR) is 92.4 cm³/mol. The average molecular weight is 354 g/mol. The van der Waals surface area contributed by atoms with E-state index >= 15 is 0 Å². The predicted octanol–water partition coefficient (Wildman–Crippen LogP) is 0.835. The summed E-state index contributed by atoms with van der Waals surface area (Å²) >= 11 is 0. The maximum absolute atomic E-state index is 12.0. The number of carbonyl (C=O) groups is 2. The van der Waals surface area contributed by atoms with E-state index in [1.54, 1.807) is 24.4 Å². The number of ether oxygens (including phenoxy) is 1. The fourth-order valence-electron chi connectivity index (χ4n) is 2.19. The highest BCUT2D eigenvalue weighted by Crippen LogP contribution is 2.12. The quantitative estimate of drug-likeness (QED) is 0.657. The van der Waals surface area contributed by atoms with Gasteiger partial charge in [-0.05, 0) is 37.1 Å². The Labute approximate surface area is 149 Å². The lowest BCUT2D eigenvalue weighted by atomic mass is 10.2. The van der Waals surface area contributed by atoms with Gasteiger partial charge in [-0.2, -0.15) is 4.98 Å². The standard InChI is InChI=1S/C17H18N6O3/c1-3-12-4-6-13(7-5-12)26-10-14(24)20-21-16(25)15-19-17-18-9-8-11(2)23(17)22-15/h4-9H,3,10H2,1-2H3,(H,20,24)(H,21,25). The van der Waals surface area contributed by atoms with Crippen molar-refractivity contribution >= 4 is 17.6 Å². The van der Waals surface area contributed by atoms with Crippen LogP contribution in [0.15, 0.2) is 36.5 Å². The molecule has 3 aromatic rings. The molecule has 0 spiro atoms. The molecule has 3 rings (SSSR count). The van der Waals surface area contributed by atoms with Gasteiger partial charge >= 0.3 is 5.91 Å². The molecular weight excluding hydrogens is 336 g/mol. The topological polar surface area (TPSA) is 111 Å². The summed E-state index contributed by atoms with van der Waals surface area (Å²) in [4.78, 5) is 31.9. The third-order valence-electron chi connectivity index (χ3n) is 3.65. The zero-order valence-electron chi connectivity index (χ0n) is 14.4. The van der Waals surface area contributed by atoms with Gasteiger partial charge in [-0.15, -0.1) is 5.10 Å². The smallest absolute Gasteiger partial charge is 0.309 e. The van der Waals surface area contributed by atoms with E-state index in [-0.39, 0.29) is 12.4 Å². The van der Waals surface area contributed by atoms with Crippen molar-refractivity contribution < 1.29 is 14.3 Å². The summed E-state index contributed by atoms with van der Waals surface area (Å²) in [7, 11) is 0. The number of fused-ring (bicyclic) bond motifs is 1. The second-order valence-corrected chi connectivity index (χ2v) is 5.52. The van der Waals surface area contributed by atoms with Crippen molar-refractivity contribution in [3.8, 4) is 5.75 Å². The molecule has 0 fully saturated rings. The van der Waals surface area contributed by atoms with E-state index in [0.29, 0.717) is 11.5 Å². The fraction of sp³-hybridized carbons (Fsp3) is 0.235. The fourth-order valence-corrected chi connectivity index (χ4v) is 2.19. The third-order valence-corrected chi connectivity index (χ3v) is 3.65. The van der Waals surface area contributed by atoms with Crippen molar-refractivity contribution in [1.82, 2.24) is 30.4 Å². The Morgan fingerprint density at radius 1 is 1.15 bits per heavy atom. The number of nitrogens with one attached hydrogen (secondary N) is 2. The van der Waals surface area contributed by atoms with Crippen molar-refractivity contribution in [3.05, 3.63) is 53.6 Å². The summed E-state index contributed by atoms with van der Waals surface area (Å²) in [5.74, 6) is -0.359. The highest BCUT2D eigenvalue weighted by atomic mass is 16.5. The largest absolute Gasteiger partial charge is 0.484 e. The van der Waals surface area contributed by atoms with Gasteiger partial charge < -0.3 is 4.74 Å². The summed E-state index contributed by atoms with van der Waals surface area (Å²) in [6, 6.07) is 9.19. The number of nitrogens with zero attached hydrogens (tertiary/aromatic N) is 4. The molecule has 0 bridgehead atoms. The number of hydrogen-bond acceptors (Lipinski definition) is 6. The highest BCUT2D eigenvalue weighted by Gasteiger charge is 2.15. The SMILES string of the molecule is CCc1ccc(OCC(=O)NNC(=O)c2nc3nccc(C)n3n2)cc1. The Balaban J connectivity index is 1.51. The molecule has 2 N–H and O–H groups in total. The van der Waals surface area contributed by atoms with Crippen LogP contribution in [0.1, 0.15) is 28.8 Å². The molecule has 0 saturated carbocycles. The first-order valence-electron chi connectivity index (χ1n) is 8.06. The molecule has 2 heterocycles. The lowest BCUT2D eigenvalue weighted by molar-refractivity contribution is -0.123.